The van der Waals surface area contributed by atoms with E-state index < -0.39 is 0 Å². The first-order valence-electron chi connectivity index (χ1n) is 5.42. The second-order valence-electron chi connectivity index (χ2n) is 3.30. The van der Waals surface area contributed by atoms with Crippen molar-refractivity contribution < 1.29 is 4.79 Å². The van der Waals surface area contributed by atoms with E-state index in [0.29, 0.717) is 6.54 Å². The molecule has 0 saturated heterocycles. The molecule has 0 aliphatic heterocycles. The summed E-state index contributed by atoms with van der Waals surface area (Å²) in [5.41, 5.74) is 5.20. The number of primary amides is 1. The summed E-state index contributed by atoms with van der Waals surface area (Å²) < 4.78 is 0. The zero-order chi connectivity index (χ0) is 11.0. The maximum Gasteiger partial charge on any atom is 0.314 e. The van der Waals surface area contributed by atoms with Crippen molar-refractivity contribution in [2.45, 2.75) is 27.2 Å². The van der Waals surface area contributed by atoms with Gasteiger partial charge in [0.1, 0.15) is 0 Å². The van der Waals surface area contributed by atoms with Crippen LogP contribution in [0.2, 0.25) is 0 Å². The van der Waals surface area contributed by atoms with Crippen LogP contribution in [0.4, 0.5) is 4.79 Å². The van der Waals surface area contributed by atoms with Crippen LogP contribution < -0.4 is 5.73 Å². The molecule has 84 valence electrons. The van der Waals surface area contributed by atoms with Gasteiger partial charge in [0.2, 0.25) is 0 Å². The molecular weight excluding hydrogens is 178 g/mol. The predicted octanol–water partition coefficient (Wildman–Crippen LogP) is 1.12. The number of hydrogen-bond acceptors (Lipinski definition) is 2. The Hall–Kier alpha value is -0.770. The fourth-order valence-corrected chi connectivity index (χ4v) is 1.45. The van der Waals surface area contributed by atoms with Crippen LogP contribution in [0.5, 0.6) is 0 Å². The fraction of sp³-hybridized carbons (Fsp3) is 0.900. The van der Waals surface area contributed by atoms with E-state index in [1.54, 1.807) is 4.90 Å². The number of nitrogens with two attached hydrogens (primary N) is 1. The van der Waals surface area contributed by atoms with E-state index in [9.17, 15) is 4.79 Å². The van der Waals surface area contributed by atoms with E-state index in [-0.39, 0.29) is 6.03 Å². The lowest BCUT2D eigenvalue weighted by molar-refractivity contribution is 0.204. The monoisotopic (exact) mass is 201 g/mol. The van der Waals surface area contributed by atoms with Crippen molar-refractivity contribution in [2.75, 3.05) is 32.7 Å². The number of carbonyl (C=O) groups is 1. The summed E-state index contributed by atoms with van der Waals surface area (Å²) in [5, 5.41) is 0. The first kappa shape index (κ1) is 13.2. The zero-order valence-corrected chi connectivity index (χ0v) is 9.62. The molecule has 0 atom stereocenters. The summed E-state index contributed by atoms with van der Waals surface area (Å²) in [5.74, 6) is 0. The largest absolute Gasteiger partial charge is 0.351 e. The van der Waals surface area contributed by atoms with Crippen molar-refractivity contribution in [2.24, 2.45) is 5.73 Å². The van der Waals surface area contributed by atoms with Gasteiger partial charge in [0.25, 0.3) is 0 Å². The second kappa shape index (κ2) is 7.62. The van der Waals surface area contributed by atoms with Gasteiger partial charge in [0, 0.05) is 13.1 Å². The van der Waals surface area contributed by atoms with Crippen LogP contribution in [0.15, 0.2) is 0 Å². The van der Waals surface area contributed by atoms with Gasteiger partial charge in [-0.05, 0) is 33.0 Å². The Morgan fingerprint density at radius 2 is 1.64 bits per heavy atom. The SMILES string of the molecule is CCN(CC)CCCN(CC)C(N)=O. The Labute approximate surface area is 87.0 Å². The summed E-state index contributed by atoms with van der Waals surface area (Å²) in [6, 6.07) is -0.313. The van der Waals surface area contributed by atoms with Crippen molar-refractivity contribution in [1.82, 2.24) is 9.80 Å². The topological polar surface area (TPSA) is 49.6 Å². The number of hydrogen-bond donors (Lipinski definition) is 1. The summed E-state index contributed by atoms with van der Waals surface area (Å²) in [7, 11) is 0. The molecule has 2 amide bonds. The van der Waals surface area contributed by atoms with Gasteiger partial charge >= 0.3 is 6.03 Å². The Bertz CT molecular complexity index is 157. The summed E-state index contributed by atoms with van der Waals surface area (Å²) in [6.07, 6.45) is 0.998. The Kier molecular flexibility index (Phi) is 7.20. The van der Waals surface area contributed by atoms with Gasteiger partial charge in [-0.15, -0.1) is 0 Å². The molecule has 0 spiro atoms. The van der Waals surface area contributed by atoms with E-state index in [4.69, 9.17) is 5.73 Å². The average molecular weight is 201 g/mol. The van der Waals surface area contributed by atoms with Gasteiger partial charge in [0.05, 0.1) is 0 Å². The first-order valence-corrected chi connectivity index (χ1v) is 5.42. The van der Waals surface area contributed by atoms with Gasteiger partial charge in [-0.3, -0.25) is 0 Å². The van der Waals surface area contributed by atoms with Crippen molar-refractivity contribution in [3.05, 3.63) is 0 Å². The lowest BCUT2D eigenvalue weighted by Gasteiger charge is -2.21. The Morgan fingerprint density at radius 1 is 1.07 bits per heavy atom. The van der Waals surface area contributed by atoms with Crippen molar-refractivity contribution >= 4 is 6.03 Å². The average Bonchev–Trinajstić information content (AvgIpc) is 2.18. The van der Waals surface area contributed by atoms with Crippen LogP contribution >= 0.6 is 0 Å². The highest BCUT2D eigenvalue weighted by molar-refractivity contribution is 5.71. The zero-order valence-electron chi connectivity index (χ0n) is 9.62. The molecule has 0 aliphatic carbocycles. The van der Waals surface area contributed by atoms with E-state index in [1.807, 2.05) is 6.92 Å². The lowest BCUT2D eigenvalue weighted by atomic mass is 10.3. The van der Waals surface area contributed by atoms with Gasteiger partial charge < -0.3 is 15.5 Å². The van der Waals surface area contributed by atoms with E-state index in [1.165, 1.54) is 0 Å². The summed E-state index contributed by atoms with van der Waals surface area (Å²) >= 11 is 0. The third kappa shape index (κ3) is 5.07. The Morgan fingerprint density at radius 3 is 2.00 bits per heavy atom. The van der Waals surface area contributed by atoms with E-state index >= 15 is 0 Å². The van der Waals surface area contributed by atoms with E-state index in [2.05, 4.69) is 18.7 Å². The minimum Gasteiger partial charge on any atom is -0.351 e. The Balaban J connectivity index is 3.65. The maximum absolute atomic E-state index is 10.9. The number of carbonyl (C=O) groups excluding carboxylic acids is 1. The molecule has 0 bridgehead atoms. The molecular formula is C10H23N3O. The third-order valence-corrected chi connectivity index (χ3v) is 2.49. The van der Waals surface area contributed by atoms with Crippen molar-refractivity contribution in [3.63, 3.8) is 0 Å². The number of amides is 2. The molecule has 0 saturated carbocycles. The lowest BCUT2D eigenvalue weighted by Crippen LogP contribution is -2.37. The fourth-order valence-electron chi connectivity index (χ4n) is 1.45. The second-order valence-corrected chi connectivity index (χ2v) is 3.30. The first-order chi connectivity index (χ1) is 6.65. The van der Waals surface area contributed by atoms with Crippen LogP contribution in [-0.4, -0.2) is 48.6 Å². The molecule has 0 fully saturated rings. The number of rotatable bonds is 7. The maximum atomic E-state index is 10.9. The number of urea groups is 1. The molecule has 14 heavy (non-hydrogen) atoms. The van der Waals surface area contributed by atoms with Gasteiger partial charge in [0.15, 0.2) is 0 Å². The predicted molar refractivity (Wildman–Crippen MR) is 59.2 cm³/mol. The third-order valence-electron chi connectivity index (χ3n) is 2.49. The van der Waals surface area contributed by atoms with Crippen LogP contribution in [0.1, 0.15) is 27.2 Å². The minimum atomic E-state index is -0.313. The van der Waals surface area contributed by atoms with Crippen LogP contribution in [-0.2, 0) is 0 Å². The highest BCUT2D eigenvalue weighted by atomic mass is 16.2. The van der Waals surface area contributed by atoms with Crippen LogP contribution in [0.3, 0.4) is 0 Å². The van der Waals surface area contributed by atoms with Crippen molar-refractivity contribution in [3.8, 4) is 0 Å². The number of nitrogens with zero attached hydrogens (tertiary/aromatic N) is 2. The standard InChI is InChI=1S/C10H23N3O/c1-4-12(5-2)8-7-9-13(6-3)10(11)14/h4-9H2,1-3H3,(H2,11,14). The molecule has 0 unspecified atom stereocenters. The van der Waals surface area contributed by atoms with Crippen LogP contribution in [0.25, 0.3) is 0 Å². The molecule has 4 heteroatoms. The molecule has 2 N–H and O–H groups in total. The summed E-state index contributed by atoms with van der Waals surface area (Å²) in [4.78, 5) is 14.9. The highest BCUT2D eigenvalue weighted by Crippen LogP contribution is 1.94. The molecule has 0 radical (unpaired) electrons. The summed E-state index contributed by atoms with van der Waals surface area (Å²) in [6.45, 7) is 10.9. The van der Waals surface area contributed by atoms with Crippen molar-refractivity contribution in [1.29, 1.82) is 0 Å². The van der Waals surface area contributed by atoms with Crippen LogP contribution in [0, 0.1) is 0 Å². The van der Waals surface area contributed by atoms with Gasteiger partial charge in [-0.1, -0.05) is 13.8 Å². The molecule has 0 heterocycles. The normalized spacial score (nSPS) is 10.6. The smallest absolute Gasteiger partial charge is 0.314 e. The van der Waals surface area contributed by atoms with Gasteiger partial charge in [-0.2, -0.15) is 0 Å². The molecule has 4 nitrogen and oxygen atoms in total. The highest BCUT2D eigenvalue weighted by Gasteiger charge is 2.06. The molecule has 0 aliphatic rings. The quantitative estimate of drug-likeness (QED) is 0.671. The van der Waals surface area contributed by atoms with E-state index in [0.717, 1.165) is 32.6 Å². The molecule has 0 aromatic carbocycles. The van der Waals surface area contributed by atoms with Gasteiger partial charge in [-0.25, -0.2) is 4.79 Å². The molecule has 0 aromatic rings. The molecule has 0 aromatic heterocycles. The minimum absolute atomic E-state index is 0.313. The molecule has 0 rings (SSSR count).